The van der Waals surface area contributed by atoms with Crippen molar-refractivity contribution in [2.75, 3.05) is 12.4 Å². The van der Waals surface area contributed by atoms with Gasteiger partial charge in [0.1, 0.15) is 17.3 Å². The monoisotopic (exact) mass is 591 g/mol. The van der Waals surface area contributed by atoms with Crippen molar-refractivity contribution in [1.82, 2.24) is 24.5 Å². The highest BCUT2D eigenvalue weighted by Gasteiger charge is 2.39. The van der Waals surface area contributed by atoms with E-state index < -0.39 is 17.3 Å². The number of benzene rings is 1. The summed E-state index contributed by atoms with van der Waals surface area (Å²) in [5, 5.41) is 7.84. The van der Waals surface area contributed by atoms with Crippen LogP contribution in [0.3, 0.4) is 0 Å². The van der Waals surface area contributed by atoms with Gasteiger partial charge in [-0.3, -0.25) is 9.78 Å². The lowest BCUT2D eigenvalue weighted by molar-refractivity contribution is -0.131. The van der Waals surface area contributed by atoms with Gasteiger partial charge in [0, 0.05) is 32.3 Å². The average molecular weight is 592 g/mol. The van der Waals surface area contributed by atoms with Crippen LogP contribution in [0, 0.1) is 17.6 Å². The molecule has 0 bridgehead atoms. The number of hydrogen-bond acceptors (Lipinski definition) is 6. The minimum atomic E-state index is -1.70. The molecule has 2 saturated carbocycles. The van der Waals surface area contributed by atoms with Crippen molar-refractivity contribution in [2.45, 2.75) is 76.0 Å². The minimum absolute atomic E-state index is 0.00841. The van der Waals surface area contributed by atoms with Gasteiger partial charge in [0.15, 0.2) is 0 Å². The number of nitrogens with zero attached hydrogens (tertiary/aromatic N) is 5. The second kappa shape index (κ2) is 11.3. The normalized spacial score (nSPS) is 23.4. The van der Waals surface area contributed by atoms with E-state index in [2.05, 4.69) is 27.3 Å². The largest absolute Gasteiger partial charge is 0.341 e. The molecule has 0 radical (unpaired) electrons. The first-order valence-electron chi connectivity index (χ1n) is 14.8. The summed E-state index contributed by atoms with van der Waals surface area (Å²) in [5.41, 5.74) is 7.03. The Morgan fingerprint density at radius 2 is 1.84 bits per heavy atom. The molecule has 4 atom stereocenters. The summed E-state index contributed by atoms with van der Waals surface area (Å²) in [6.45, 7) is 3.67. The summed E-state index contributed by atoms with van der Waals surface area (Å²) in [5.74, 6) is -1.08. The Morgan fingerprint density at radius 1 is 1.12 bits per heavy atom. The van der Waals surface area contributed by atoms with Crippen LogP contribution < -0.4 is 11.1 Å². The van der Waals surface area contributed by atoms with Crippen LogP contribution in [0.15, 0.2) is 48.9 Å². The van der Waals surface area contributed by atoms with Gasteiger partial charge < -0.3 is 16.0 Å². The fourth-order valence-electron chi connectivity index (χ4n) is 7.10. The average Bonchev–Trinajstić information content (AvgIpc) is 3.59. The Hall–Kier alpha value is -3.99. The Morgan fingerprint density at radius 3 is 2.51 bits per heavy atom. The van der Waals surface area contributed by atoms with E-state index in [0.717, 1.165) is 29.8 Å². The van der Waals surface area contributed by atoms with Gasteiger partial charge in [0.25, 0.3) is 0 Å². The quantitative estimate of drug-likeness (QED) is 0.275. The second-order valence-electron chi connectivity index (χ2n) is 12.1. The first kappa shape index (κ1) is 29.1. The summed E-state index contributed by atoms with van der Waals surface area (Å²) in [6.07, 6.45) is 8.47. The third kappa shape index (κ3) is 5.35. The van der Waals surface area contributed by atoms with Crippen LogP contribution in [0.4, 0.5) is 24.8 Å². The highest BCUT2D eigenvalue weighted by atomic mass is 19.1. The molecule has 0 aliphatic heterocycles. The summed E-state index contributed by atoms with van der Waals surface area (Å²) < 4.78 is 47.4. The molecule has 0 spiro atoms. The zero-order valence-corrected chi connectivity index (χ0v) is 24.5. The van der Waals surface area contributed by atoms with Gasteiger partial charge in [0.2, 0.25) is 11.9 Å². The Balaban J connectivity index is 1.30. The zero-order chi connectivity index (χ0) is 30.5. The van der Waals surface area contributed by atoms with E-state index in [0.29, 0.717) is 30.7 Å². The molecule has 226 valence electrons. The number of hydrogen-bond donors (Lipinski definition) is 2. The number of nitrogens with one attached hydrogen (secondary N) is 1. The molecule has 3 heterocycles. The van der Waals surface area contributed by atoms with Crippen molar-refractivity contribution in [3.8, 4) is 11.3 Å². The minimum Gasteiger partial charge on any atom is -0.341 e. The maximum absolute atomic E-state index is 15.3. The van der Waals surface area contributed by atoms with Crippen LogP contribution in [0.1, 0.15) is 69.4 Å². The van der Waals surface area contributed by atoms with Gasteiger partial charge in [0.05, 0.1) is 34.9 Å². The molecule has 3 N–H and O–H groups in total. The number of carbonyl (C=O) groups is 1. The van der Waals surface area contributed by atoms with E-state index >= 15 is 13.2 Å². The van der Waals surface area contributed by atoms with Crippen molar-refractivity contribution in [3.63, 3.8) is 0 Å². The molecule has 43 heavy (non-hydrogen) atoms. The first-order chi connectivity index (χ1) is 20.6. The van der Waals surface area contributed by atoms with Crippen LogP contribution in [-0.2, 0) is 10.5 Å². The van der Waals surface area contributed by atoms with E-state index in [1.54, 1.807) is 43.5 Å². The zero-order valence-electron chi connectivity index (χ0n) is 24.5. The molecule has 2 aliphatic rings. The van der Waals surface area contributed by atoms with Crippen LogP contribution in [-0.4, -0.2) is 49.5 Å². The number of carbonyl (C=O) groups excluding carboxylic acids is 1. The third-order valence-corrected chi connectivity index (χ3v) is 9.32. The highest BCUT2D eigenvalue weighted by molar-refractivity contribution is 5.73. The Kier molecular flexibility index (Phi) is 7.62. The number of nitrogens with two attached hydrogens (primary N) is 1. The number of rotatable bonds is 6. The molecule has 2 fully saturated rings. The number of halogens is 3. The van der Waals surface area contributed by atoms with E-state index in [-0.39, 0.29) is 59.5 Å². The van der Waals surface area contributed by atoms with E-state index in [4.69, 9.17) is 5.73 Å². The molecule has 3 aromatic heterocycles. The highest BCUT2D eigenvalue weighted by Crippen LogP contribution is 2.44. The van der Waals surface area contributed by atoms with Gasteiger partial charge in [-0.1, -0.05) is 6.92 Å². The fourth-order valence-corrected chi connectivity index (χ4v) is 7.10. The molecule has 1 aromatic carbocycles. The molecule has 0 saturated heterocycles. The fraction of sp³-hybridized carbons (Fsp3) is 0.438. The van der Waals surface area contributed by atoms with Crippen molar-refractivity contribution in [2.24, 2.45) is 11.7 Å². The number of imidazole rings is 1. The van der Waals surface area contributed by atoms with Crippen molar-refractivity contribution in [3.05, 3.63) is 71.7 Å². The maximum Gasteiger partial charge on any atom is 0.229 e. The third-order valence-electron chi connectivity index (χ3n) is 9.32. The summed E-state index contributed by atoms with van der Waals surface area (Å²) in [6, 6.07) is 7.10. The van der Waals surface area contributed by atoms with Gasteiger partial charge in [-0.25, -0.2) is 18.2 Å². The number of anilines is 2. The topological polar surface area (TPSA) is 101 Å². The Bertz CT molecular complexity index is 1630. The van der Waals surface area contributed by atoms with Crippen LogP contribution >= 0.6 is 0 Å². The number of likely N-dealkylation sites (N-methyl/N-ethyl adjacent to an activating group) is 1. The number of amides is 1. The number of pyridine rings is 1. The molecule has 4 unspecified atom stereocenters. The van der Waals surface area contributed by atoms with E-state index in [1.165, 1.54) is 10.6 Å². The molecule has 8 nitrogen and oxygen atoms in total. The Labute approximate surface area is 248 Å². The van der Waals surface area contributed by atoms with Crippen molar-refractivity contribution < 1.29 is 18.0 Å². The van der Waals surface area contributed by atoms with Crippen LogP contribution in [0.25, 0.3) is 16.8 Å². The van der Waals surface area contributed by atoms with Crippen LogP contribution in [0.5, 0.6) is 0 Å². The van der Waals surface area contributed by atoms with Crippen molar-refractivity contribution >= 4 is 23.1 Å². The number of alkyl halides is 1. The maximum atomic E-state index is 15.3. The molecular weight excluding hydrogens is 555 g/mol. The lowest BCUT2D eigenvalue weighted by Crippen LogP contribution is -2.54. The first-order valence-corrected chi connectivity index (χ1v) is 14.8. The molecular formula is C32H36F3N7O. The van der Waals surface area contributed by atoms with Gasteiger partial charge in [-0.05, 0) is 91.8 Å². The summed E-state index contributed by atoms with van der Waals surface area (Å²) in [4.78, 5) is 22.6. The van der Waals surface area contributed by atoms with Crippen LogP contribution in [0.2, 0.25) is 0 Å². The van der Waals surface area contributed by atoms with E-state index in [1.807, 2.05) is 6.07 Å². The number of aromatic nitrogens is 4. The summed E-state index contributed by atoms with van der Waals surface area (Å²) >= 11 is 0. The van der Waals surface area contributed by atoms with Gasteiger partial charge in [-0.2, -0.15) is 9.61 Å². The lowest BCUT2D eigenvalue weighted by Gasteiger charge is -2.43. The smallest absolute Gasteiger partial charge is 0.229 e. The lowest BCUT2D eigenvalue weighted by atomic mass is 9.73. The standard InChI is InChI=1S/C32H36F3N7O/c1-18-12-20(13-26(36)30(18)41(3)19(2)43)23-8-11-37-17-28(23)39-31-38-16-22-6-7-27(40-42(22)31)29-24(33)14-21(15-25(29)34)32(35)9-4-5-10-32/h6-8,11,14-18,20,26,30H,4-5,9-10,12-13,36H2,1-3H3,(H,38,39). The molecule has 11 heteroatoms. The molecule has 1 amide bonds. The van der Waals surface area contributed by atoms with E-state index in [9.17, 15) is 4.79 Å². The number of fused-ring (bicyclic) bond motifs is 1. The van der Waals surface area contributed by atoms with Crippen molar-refractivity contribution in [1.29, 1.82) is 0 Å². The summed E-state index contributed by atoms with van der Waals surface area (Å²) in [7, 11) is 1.80. The predicted molar refractivity (Wildman–Crippen MR) is 158 cm³/mol. The molecule has 2 aliphatic carbocycles. The van der Waals surface area contributed by atoms with Gasteiger partial charge >= 0.3 is 0 Å². The molecule has 6 rings (SSSR count). The SMILES string of the molecule is CC(=O)N(C)C1C(C)CC(c2ccncc2Nc2ncc3ccc(-c4c(F)cc(C5(F)CCCC5)cc4F)nn23)CC1N. The molecule has 4 aromatic rings. The van der Waals surface area contributed by atoms with Gasteiger partial charge in [-0.15, -0.1) is 0 Å². The predicted octanol–water partition coefficient (Wildman–Crippen LogP) is 6.24. The second-order valence-corrected chi connectivity index (χ2v) is 12.1.